The van der Waals surface area contributed by atoms with Crippen molar-refractivity contribution < 1.29 is 19.1 Å². The van der Waals surface area contributed by atoms with E-state index in [0.717, 1.165) is 18.8 Å². The molecule has 11 nitrogen and oxygen atoms in total. The number of anilines is 6. The van der Waals surface area contributed by atoms with E-state index in [2.05, 4.69) is 37.4 Å². The normalized spacial score (nSPS) is 10.5. The van der Waals surface area contributed by atoms with E-state index < -0.39 is 0 Å². The van der Waals surface area contributed by atoms with Gasteiger partial charge >= 0.3 is 0 Å². The Kier molecular flexibility index (Phi) is 9.82. The Morgan fingerprint density at radius 2 is 1.62 bits per heavy atom. The number of ketones is 1. The van der Waals surface area contributed by atoms with Crippen molar-refractivity contribution in [3.63, 3.8) is 0 Å². The summed E-state index contributed by atoms with van der Waals surface area (Å²) in [4.78, 5) is 36.9. The number of carbonyl (C=O) groups excluding carboxylic acids is 2. The number of benzene rings is 2. The number of methoxy groups -OCH3 is 2. The molecule has 3 N–H and O–H groups in total. The molecule has 3 aromatic rings. The highest BCUT2D eigenvalue weighted by atomic mass is 16.5. The number of aromatic nitrogens is 2. The summed E-state index contributed by atoms with van der Waals surface area (Å²) in [6, 6.07) is 10.6. The average Bonchev–Trinajstić information content (AvgIpc) is 2.91. The lowest BCUT2D eigenvalue weighted by Crippen LogP contribution is -2.29. The highest BCUT2D eigenvalue weighted by molar-refractivity contribution is 6.02. The standard InChI is InChI=1S/C28H35N7O4/c1-8-28(37)33-21-14-22(25(39-7)15-23(21)35(5)12-11-34(3)4)32-27-16-26(29-17-30-27)31-19-9-10-24(38-6)20(13-19)18(2)36/h8-10,13-17H,1,11-12H2,2-7H3,(H,33,37)(H2,29,30,31,32). The van der Waals surface area contributed by atoms with Crippen LogP contribution in [-0.4, -0.2) is 75.0 Å². The fraction of sp³-hybridized carbons (Fsp3) is 0.286. The second kappa shape index (κ2) is 13.2. The van der Waals surface area contributed by atoms with Crippen LogP contribution in [0.4, 0.5) is 34.4 Å². The van der Waals surface area contributed by atoms with Crippen molar-refractivity contribution in [3.8, 4) is 11.5 Å². The molecule has 1 aromatic heterocycles. The summed E-state index contributed by atoms with van der Waals surface area (Å²) in [5.41, 5.74) is 3.11. The van der Waals surface area contributed by atoms with Crippen LogP contribution in [0, 0.1) is 0 Å². The molecular weight excluding hydrogens is 498 g/mol. The molecule has 0 aliphatic heterocycles. The predicted octanol–water partition coefficient (Wildman–Crippen LogP) is 4.31. The number of carbonyl (C=O) groups is 2. The molecule has 2 aromatic carbocycles. The number of nitrogens with zero attached hydrogens (tertiary/aromatic N) is 4. The maximum absolute atomic E-state index is 12.2. The Morgan fingerprint density at radius 3 is 2.23 bits per heavy atom. The molecule has 0 aliphatic rings. The van der Waals surface area contributed by atoms with E-state index in [1.54, 1.807) is 37.4 Å². The van der Waals surface area contributed by atoms with E-state index in [-0.39, 0.29) is 11.7 Å². The molecule has 0 bridgehead atoms. The molecule has 39 heavy (non-hydrogen) atoms. The zero-order valence-corrected chi connectivity index (χ0v) is 23.2. The van der Waals surface area contributed by atoms with E-state index in [1.807, 2.05) is 32.1 Å². The van der Waals surface area contributed by atoms with Crippen LogP contribution in [-0.2, 0) is 4.79 Å². The van der Waals surface area contributed by atoms with E-state index in [0.29, 0.717) is 45.8 Å². The summed E-state index contributed by atoms with van der Waals surface area (Å²) < 4.78 is 10.9. The monoisotopic (exact) mass is 533 g/mol. The van der Waals surface area contributed by atoms with E-state index in [9.17, 15) is 9.59 Å². The summed E-state index contributed by atoms with van der Waals surface area (Å²) in [5.74, 6) is 1.62. The first-order valence-corrected chi connectivity index (χ1v) is 12.2. The Labute approximate surface area is 228 Å². The largest absolute Gasteiger partial charge is 0.496 e. The number of hydrogen-bond acceptors (Lipinski definition) is 10. The van der Waals surface area contributed by atoms with Gasteiger partial charge in [0.1, 0.15) is 29.5 Å². The van der Waals surface area contributed by atoms with Crippen LogP contribution in [0.15, 0.2) is 55.4 Å². The van der Waals surface area contributed by atoms with E-state index >= 15 is 0 Å². The smallest absolute Gasteiger partial charge is 0.247 e. The summed E-state index contributed by atoms with van der Waals surface area (Å²) in [6.45, 7) is 6.61. The molecule has 1 heterocycles. The molecule has 0 saturated carbocycles. The van der Waals surface area contributed by atoms with Gasteiger partial charge in [-0.2, -0.15) is 0 Å². The molecular formula is C28H35N7O4. The van der Waals surface area contributed by atoms with Gasteiger partial charge in [-0.05, 0) is 51.4 Å². The van der Waals surface area contributed by atoms with Crippen LogP contribution >= 0.6 is 0 Å². The van der Waals surface area contributed by atoms with Crippen LogP contribution in [0.3, 0.4) is 0 Å². The predicted molar refractivity (Wildman–Crippen MR) is 155 cm³/mol. The van der Waals surface area contributed by atoms with Gasteiger partial charge in [-0.25, -0.2) is 9.97 Å². The van der Waals surface area contributed by atoms with Crippen LogP contribution in [0.25, 0.3) is 0 Å². The van der Waals surface area contributed by atoms with Crippen LogP contribution in [0.1, 0.15) is 17.3 Å². The first-order chi connectivity index (χ1) is 18.6. The maximum atomic E-state index is 12.2. The summed E-state index contributed by atoms with van der Waals surface area (Å²) >= 11 is 0. The lowest BCUT2D eigenvalue weighted by Gasteiger charge is -2.26. The number of ether oxygens (including phenoxy) is 2. The van der Waals surface area contributed by atoms with Crippen molar-refractivity contribution in [1.29, 1.82) is 0 Å². The fourth-order valence-corrected chi connectivity index (χ4v) is 3.75. The van der Waals surface area contributed by atoms with E-state index in [1.165, 1.54) is 26.4 Å². The van der Waals surface area contributed by atoms with Crippen molar-refractivity contribution >= 4 is 46.1 Å². The minimum Gasteiger partial charge on any atom is -0.496 e. The van der Waals surface area contributed by atoms with Gasteiger partial charge in [-0.1, -0.05) is 6.58 Å². The summed E-state index contributed by atoms with van der Waals surface area (Å²) in [6.07, 6.45) is 2.64. The van der Waals surface area contributed by atoms with Crippen molar-refractivity contribution in [3.05, 3.63) is 60.9 Å². The Morgan fingerprint density at radius 1 is 0.923 bits per heavy atom. The van der Waals surface area contributed by atoms with Gasteiger partial charge in [-0.15, -0.1) is 0 Å². The number of rotatable bonds is 13. The quantitative estimate of drug-likeness (QED) is 0.217. The molecule has 0 aliphatic carbocycles. The topological polar surface area (TPSA) is 121 Å². The summed E-state index contributed by atoms with van der Waals surface area (Å²) in [5, 5.41) is 9.32. The zero-order valence-electron chi connectivity index (χ0n) is 23.2. The molecule has 0 atom stereocenters. The van der Waals surface area contributed by atoms with Gasteiger partial charge < -0.3 is 35.2 Å². The number of Topliss-reactive ketones (excluding diaryl/α,β-unsaturated/α-hetero) is 1. The van der Waals surface area contributed by atoms with Crippen LogP contribution in [0.2, 0.25) is 0 Å². The van der Waals surface area contributed by atoms with Crippen molar-refractivity contribution in [2.45, 2.75) is 6.92 Å². The number of hydrogen-bond donors (Lipinski definition) is 3. The Balaban J connectivity index is 1.91. The molecule has 3 rings (SSSR count). The van der Waals surface area contributed by atoms with Gasteiger partial charge in [0.15, 0.2) is 5.78 Å². The second-order valence-corrected chi connectivity index (χ2v) is 9.00. The number of likely N-dealkylation sites (N-methyl/N-ethyl adjacent to an activating group) is 2. The molecule has 1 amide bonds. The number of amides is 1. The average molecular weight is 534 g/mol. The first-order valence-electron chi connectivity index (χ1n) is 12.2. The third-order valence-corrected chi connectivity index (χ3v) is 5.84. The third kappa shape index (κ3) is 7.68. The van der Waals surface area contributed by atoms with Crippen molar-refractivity contribution in [2.75, 3.05) is 69.3 Å². The lowest BCUT2D eigenvalue weighted by molar-refractivity contribution is -0.111. The second-order valence-electron chi connectivity index (χ2n) is 9.00. The molecule has 0 saturated heterocycles. The van der Waals surface area contributed by atoms with Crippen molar-refractivity contribution in [1.82, 2.24) is 14.9 Å². The third-order valence-electron chi connectivity index (χ3n) is 5.84. The molecule has 11 heteroatoms. The van der Waals surface area contributed by atoms with E-state index in [4.69, 9.17) is 9.47 Å². The maximum Gasteiger partial charge on any atom is 0.247 e. The SMILES string of the molecule is C=CC(=O)Nc1cc(Nc2cc(Nc3ccc(OC)c(C(C)=O)c3)ncn2)c(OC)cc1N(C)CCN(C)C. The van der Waals surface area contributed by atoms with Gasteiger partial charge in [0.2, 0.25) is 5.91 Å². The van der Waals surface area contributed by atoms with Gasteiger partial charge in [-0.3, -0.25) is 9.59 Å². The Hall–Kier alpha value is -4.64. The Bertz CT molecular complexity index is 1340. The molecule has 206 valence electrons. The highest BCUT2D eigenvalue weighted by Crippen LogP contribution is 2.38. The molecule has 0 radical (unpaired) electrons. The van der Waals surface area contributed by atoms with Crippen LogP contribution in [0.5, 0.6) is 11.5 Å². The lowest BCUT2D eigenvalue weighted by atomic mass is 10.1. The summed E-state index contributed by atoms with van der Waals surface area (Å²) in [7, 11) is 9.06. The molecule has 0 spiro atoms. The zero-order chi connectivity index (χ0) is 28.5. The highest BCUT2D eigenvalue weighted by Gasteiger charge is 2.16. The van der Waals surface area contributed by atoms with Gasteiger partial charge in [0, 0.05) is 38.0 Å². The number of nitrogens with one attached hydrogen (secondary N) is 3. The molecule has 0 fully saturated rings. The minimum absolute atomic E-state index is 0.109. The van der Waals surface area contributed by atoms with Crippen LogP contribution < -0.4 is 30.3 Å². The fourth-order valence-electron chi connectivity index (χ4n) is 3.75. The van der Waals surface area contributed by atoms with Gasteiger partial charge in [0.05, 0.1) is 36.8 Å². The van der Waals surface area contributed by atoms with Crippen molar-refractivity contribution in [2.24, 2.45) is 0 Å². The van der Waals surface area contributed by atoms with Gasteiger partial charge in [0.25, 0.3) is 0 Å². The first kappa shape index (κ1) is 28.9. The minimum atomic E-state index is -0.327. The molecule has 0 unspecified atom stereocenters.